The standard InChI is InChI=1S/C23H21ClO2/c1-12-2-3-14(13-6-8-17(24)9-7-13)11-18(12)21-22(25)19-15-4-5-16(10-15)20(19)23(21)26/h2-3,6-9,11,15-16,19-21H,4-5,10H2,1H3. The maximum atomic E-state index is 13.2. The van der Waals surface area contributed by atoms with E-state index in [1.807, 2.05) is 43.3 Å². The lowest BCUT2D eigenvalue weighted by molar-refractivity contribution is -0.125. The highest BCUT2D eigenvalue weighted by atomic mass is 35.5. The van der Waals surface area contributed by atoms with E-state index in [1.165, 1.54) is 0 Å². The van der Waals surface area contributed by atoms with Crippen molar-refractivity contribution in [3.8, 4) is 11.1 Å². The summed E-state index contributed by atoms with van der Waals surface area (Å²) in [6.45, 7) is 2.00. The van der Waals surface area contributed by atoms with E-state index in [0.29, 0.717) is 16.9 Å². The van der Waals surface area contributed by atoms with Gasteiger partial charge in [-0.2, -0.15) is 0 Å². The van der Waals surface area contributed by atoms with Crippen LogP contribution in [-0.4, -0.2) is 11.6 Å². The second kappa shape index (κ2) is 5.79. The Balaban J connectivity index is 1.56. The molecule has 2 aromatic carbocycles. The highest BCUT2D eigenvalue weighted by Crippen LogP contribution is 2.59. The van der Waals surface area contributed by atoms with Crippen molar-refractivity contribution in [1.29, 1.82) is 0 Å². The summed E-state index contributed by atoms with van der Waals surface area (Å²) in [5, 5.41) is 0.700. The maximum absolute atomic E-state index is 13.2. The van der Waals surface area contributed by atoms with Gasteiger partial charge in [0, 0.05) is 16.9 Å². The summed E-state index contributed by atoms with van der Waals surface area (Å²) < 4.78 is 0. The Morgan fingerprint density at radius 1 is 0.846 bits per heavy atom. The number of rotatable bonds is 2. The Bertz CT molecular complexity index is 886. The summed E-state index contributed by atoms with van der Waals surface area (Å²) in [7, 11) is 0. The molecule has 3 heteroatoms. The molecule has 0 aromatic heterocycles. The lowest BCUT2D eigenvalue weighted by Crippen LogP contribution is -2.24. The molecule has 4 unspecified atom stereocenters. The molecule has 2 nitrogen and oxygen atoms in total. The molecule has 2 aromatic rings. The summed E-state index contributed by atoms with van der Waals surface area (Å²) in [6, 6.07) is 13.8. The Hall–Kier alpha value is -1.93. The fourth-order valence-corrected chi connectivity index (χ4v) is 5.84. The van der Waals surface area contributed by atoms with Gasteiger partial charge in [-0.15, -0.1) is 0 Å². The number of fused-ring (bicyclic) bond motifs is 5. The van der Waals surface area contributed by atoms with Gasteiger partial charge >= 0.3 is 0 Å². The van der Waals surface area contributed by atoms with Gasteiger partial charge in [0.1, 0.15) is 5.92 Å². The van der Waals surface area contributed by atoms with Gasteiger partial charge in [-0.3, -0.25) is 9.59 Å². The predicted octanol–water partition coefficient (Wildman–Crippen LogP) is 5.21. The van der Waals surface area contributed by atoms with Crippen molar-refractivity contribution >= 4 is 23.2 Å². The first-order valence-electron chi connectivity index (χ1n) is 9.48. The smallest absolute Gasteiger partial charge is 0.151 e. The Morgan fingerprint density at radius 2 is 1.42 bits per heavy atom. The molecule has 5 rings (SSSR count). The van der Waals surface area contributed by atoms with E-state index in [4.69, 9.17) is 11.6 Å². The number of benzene rings is 2. The topological polar surface area (TPSA) is 34.1 Å². The fourth-order valence-electron chi connectivity index (χ4n) is 5.72. The maximum Gasteiger partial charge on any atom is 0.151 e. The van der Waals surface area contributed by atoms with Crippen molar-refractivity contribution in [1.82, 2.24) is 0 Å². The minimum Gasteiger partial charge on any atom is -0.298 e. The van der Waals surface area contributed by atoms with E-state index in [9.17, 15) is 9.59 Å². The number of Topliss-reactive ketones (excluding diaryl/α,β-unsaturated/α-hetero) is 2. The normalized spacial score (nSPS) is 32.3. The number of hydrogen-bond acceptors (Lipinski definition) is 2. The number of halogens is 1. The number of aryl methyl sites for hydroxylation is 1. The van der Waals surface area contributed by atoms with E-state index >= 15 is 0 Å². The molecule has 3 aliphatic carbocycles. The minimum absolute atomic E-state index is 0.00941. The van der Waals surface area contributed by atoms with Crippen LogP contribution in [0.15, 0.2) is 42.5 Å². The zero-order valence-electron chi connectivity index (χ0n) is 14.7. The zero-order valence-corrected chi connectivity index (χ0v) is 15.5. The molecule has 0 amide bonds. The third-order valence-electron chi connectivity index (χ3n) is 6.91. The summed E-state index contributed by atoms with van der Waals surface area (Å²) in [6.07, 6.45) is 3.34. The van der Waals surface area contributed by atoms with Crippen molar-refractivity contribution in [3.05, 3.63) is 58.6 Å². The van der Waals surface area contributed by atoms with Gasteiger partial charge < -0.3 is 0 Å². The molecule has 0 radical (unpaired) electrons. The molecule has 132 valence electrons. The lowest BCUT2D eigenvalue weighted by atomic mass is 9.81. The molecule has 3 saturated carbocycles. The Morgan fingerprint density at radius 3 is 2.04 bits per heavy atom. The molecule has 26 heavy (non-hydrogen) atoms. The number of hydrogen-bond donors (Lipinski definition) is 0. The molecule has 0 aliphatic heterocycles. The number of ketones is 2. The number of carbonyl (C=O) groups excluding carboxylic acids is 2. The molecule has 0 spiro atoms. The molecule has 2 bridgehead atoms. The average Bonchev–Trinajstić information content (AvgIpc) is 3.31. The second-order valence-electron chi connectivity index (χ2n) is 8.20. The van der Waals surface area contributed by atoms with E-state index in [0.717, 1.165) is 41.5 Å². The summed E-state index contributed by atoms with van der Waals surface area (Å²) in [5.41, 5.74) is 4.01. The summed E-state index contributed by atoms with van der Waals surface area (Å²) in [5.74, 6) is 0.694. The van der Waals surface area contributed by atoms with E-state index in [-0.39, 0.29) is 23.4 Å². The van der Waals surface area contributed by atoms with Crippen LogP contribution in [-0.2, 0) is 9.59 Å². The Kier molecular flexibility index (Phi) is 3.62. The van der Waals surface area contributed by atoms with Crippen LogP contribution in [0, 0.1) is 30.6 Å². The van der Waals surface area contributed by atoms with Crippen LogP contribution >= 0.6 is 11.6 Å². The molecule has 0 heterocycles. The monoisotopic (exact) mass is 364 g/mol. The largest absolute Gasteiger partial charge is 0.298 e. The van der Waals surface area contributed by atoms with Crippen molar-refractivity contribution in [2.24, 2.45) is 23.7 Å². The highest BCUT2D eigenvalue weighted by Gasteiger charge is 2.61. The summed E-state index contributed by atoms with van der Waals surface area (Å²) >= 11 is 6.00. The van der Waals surface area contributed by atoms with Crippen LogP contribution in [0.5, 0.6) is 0 Å². The van der Waals surface area contributed by atoms with Gasteiger partial charge in [-0.1, -0.05) is 35.9 Å². The van der Waals surface area contributed by atoms with Gasteiger partial charge in [-0.05, 0) is 78.5 Å². The van der Waals surface area contributed by atoms with E-state index < -0.39 is 5.92 Å². The molecular formula is C23H21ClO2. The first kappa shape index (κ1) is 16.3. The fraction of sp³-hybridized carbons (Fsp3) is 0.391. The van der Waals surface area contributed by atoms with Crippen LogP contribution < -0.4 is 0 Å². The molecule has 3 aliphatic rings. The van der Waals surface area contributed by atoms with Gasteiger partial charge in [0.25, 0.3) is 0 Å². The van der Waals surface area contributed by atoms with Crippen LogP contribution in [0.3, 0.4) is 0 Å². The summed E-state index contributed by atoms with van der Waals surface area (Å²) in [4.78, 5) is 26.4. The minimum atomic E-state index is -0.555. The van der Waals surface area contributed by atoms with Crippen molar-refractivity contribution in [2.45, 2.75) is 32.1 Å². The van der Waals surface area contributed by atoms with E-state index in [1.54, 1.807) is 0 Å². The molecule has 0 saturated heterocycles. The Labute approximate surface area is 158 Å². The third-order valence-corrected chi connectivity index (χ3v) is 7.16. The predicted molar refractivity (Wildman–Crippen MR) is 102 cm³/mol. The first-order valence-corrected chi connectivity index (χ1v) is 9.86. The SMILES string of the molecule is Cc1ccc(-c2ccc(Cl)cc2)cc1C1C(=O)C2C3CCC(C3)C2C1=O. The zero-order chi connectivity index (χ0) is 18.0. The third kappa shape index (κ3) is 2.24. The highest BCUT2D eigenvalue weighted by molar-refractivity contribution is 6.30. The van der Waals surface area contributed by atoms with E-state index in [2.05, 4.69) is 6.07 Å². The van der Waals surface area contributed by atoms with Crippen molar-refractivity contribution < 1.29 is 9.59 Å². The van der Waals surface area contributed by atoms with Crippen molar-refractivity contribution in [2.75, 3.05) is 0 Å². The van der Waals surface area contributed by atoms with Gasteiger partial charge in [0.2, 0.25) is 0 Å². The lowest BCUT2D eigenvalue weighted by Gasteiger charge is -2.21. The van der Waals surface area contributed by atoms with Crippen LogP contribution in [0.25, 0.3) is 11.1 Å². The molecule has 0 N–H and O–H groups in total. The molecular weight excluding hydrogens is 344 g/mol. The molecule has 3 fully saturated rings. The first-order chi connectivity index (χ1) is 12.5. The van der Waals surface area contributed by atoms with Crippen LogP contribution in [0.1, 0.15) is 36.3 Å². The van der Waals surface area contributed by atoms with Crippen LogP contribution in [0.2, 0.25) is 5.02 Å². The van der Waals surface area contributed by atoms with Gasteiger partial charge in [-0.25, -0.2) is 0 Å². The number of carbonyl (C=O) groups is 2. The van der Waals surface area contributed by atoms with Crippen molar-refractivity contribution in [3.63, 3.8) is 0 Å². The molecule has 4 atom stereocenters. The van der Waals surface area contributed by atoms with Gasteiger partial charge in [0.05, 0.1) is 0 Å². The second-order valence-corrected chi connectivity index (χ2v) is 8.64. The average molecular weight is 365 g/mol. The quantitative estimate of drug-likeness (QED) is 0.685. The van der Waals surface area contributed by atoms with Gasteiger partial charge in [0.15, 0.2) is 11.6 Å². The van der Waals surface area contributed by atoms with Crippen LogP contribution in [0.4, 0.5) is 0 Å².